The van der Waals surface area contributed by atoms with Gasteiger partial charge in [0.25, 0.3) is 5.56 Å². The molecule has 0 atom stereocenters. The highest BCUT2D eigenvalue weighted by molar-refractivity contribution is 9.10. The Kier molecular flexibility index (Phi) is 4.30. The number of hydrogen-bond donors (Lipinski definition) is 2. The van der Waals surface area contributed by atoms with Crippen molar-refractivity contribution in [3.8, 4) is 0 Å². The molecular formula is C18H15BrN2O2. The van der Waals surface area contributed by atoms with Crippen molar-refractivity contribution in [3.05, 3.63) is 74.5 Å². The number of hydrogen-bond acceptors (Lipinski definition) is 2. The first-order chi connectivity index (χ1) is 11.0. The molecule has 0 aliphatic rings. The Balaban J connectivity index is 1.78. The van der Waals surface area contributed by atoms with Crippen molar-refractivity contribution in [1.82, 2.24) is 4.98 Å². The van der Waals surface area contributed by atoms with Gasteiger partial charge in [-0.2, -0.15) is 0 Å². The minimum absolute atomic E-state index is 0.0761. The molecule has 0 aliphatic heterocycles. The molecule has 0 aliphatic carbocycles. The van der Waals surface area contributed by atoms with Crippen molar-refractivity contribution in [1.29, 1.82) is 0 Å². The number of aromatic nitrogens is 1. The molecule has 1 amide bonds. The molecule has 5 heteroatoms. The van der Waals surface area contributed by atoms with E-state index in [2.05, 4.69) is 26.2 Å². The van der Waals surface area contributed by atoms with Crippen LogP contribution in [0.15, 0.2) is 57.8 Å². The first-order valence-corrected chi connectivity index (χ1v) is 7.98. The van der Waals surface area contributed by atoms with Crippen molar-refractivity contribution < 1.29 is 4.79 Å². The quantitative estimate of drug-likeness (QED) is 0.736. The smallest absolute Gasteiger partial charge is 0.251 e. The number of halogens is 1. The lowest BCUT2D eigenvalue weighted by molar-refractivity contribution is -0.115. The average molecular weight is 371 g/mol. The third-order valence-corrected chi connectivity index (χ3v) is 4.12. The molecule has 2 N–H and O–H groups in total. The maximum Gasteiger partial charge on any atom is 0.251 e. The lowest BCUT2D eigenvalue weighted by Gasteiger charge is -2.07. The third-order valence-electron chi connectivity index (χ3n) is 3.59. The van der Waals surface area contributed by atoms with Crippen LogP contribution in [-0.4, -0.2) is 10.9 Å². The minimum atomic E-state index is -0.0850. The molecule has 23 heavy (non-hydrogen) atoms. The van der Waals surface area contributed by atoms with Gasteiger partial charge in [0.1, 0.15) is 0 Å². The Morgan fingerprint density at radius 2 is 1.87 bits per heavy atom. The molecular weight excluding hydrogens is 356 g/mol. The molecule has 3 rings (SSSR count). The Hall–Kier alpha value is -2.40. The van der Waals surface area contributed by atoms with E-state index < -0.39 is 0 Å². The van der Waals surface area contributed by atoms with Crippen LogP contribution in [0.5, 0.6) is 0 Å². The van der Waals surface area contributed by atoms with Crippen LogP contribution in [0, 0.1) is 6.92 Å². The monoisotopic (exact) mass is 370 g/mol. The number of pyridine rings is 1. The lowest BCUT2D eigenvalue weighted by Crippen LogP contribution is -2.14. The molecule has 0 bridgehead atoms. The van der Waals surface area contributed by atoms with Crippen LogP contribution in [0.2, 0.25) is 0 Å². The fourth-order valence-electron chi connectivity index (χ4n) is 2.40. The van der Waals surface area contributed by atoms with Gasteiger partial charge >= 0.3 is 0 Å². The number of fused-ring (bicyclic) bond motifs is 1. The van der Waals surface area contributed by atoms with E-state index >= 15 is 0 Å². The van der Waals surface area contributed by atoms with Gasteiger partial charge in [0.2, 0.25) is 5.91 Å². The molecule has 116 valence electrons. The van der Waals surface area contributed by atoms with E-state index in [0.717, 1.165) is 26.6 Å². The second-order valence-corrected chi connectivity index (χ2v) is 6.35. The second-order valence-electron chi connectivity index (χ2n) is 5.43. The second kappa shape index (κ2) is 6.38. The number of amides is 1. The maximum absolute atomic E-state index is 12.1. The van der Waals surface area contributed by atoms with E-state index in [1.165, 1.54) is 0 Å². The summed E-state index contributed by atoms with van der Waals surface area (Å²) in [5.74, 6) is -0.0761. The van der Waals surface area contributed by atoms with Crippen LogP contribution < -0.4 is 10.9 Å². The molecule has 0 fully saturated rings. The van der Waals surface area contributed by atoms with Gasteiger partial charge in [-0.3, -0.25) is 9.59 Å². The van der Waals surface area contributed by atoms with Gasteiger partial charge in [0.05, 0.1) is 6.42 Å². The molecule has 4 nitrogen and oxygen atoms in total. The SMILES string of the molecule is Cc1cc2cc(CC(=O)Nc3ccc(Br)cc3)ccc2[nH]c1=O. The molecule has 1 aromatic heterocycles. The predicted molar refractivity (Wildman–Crippen MR) is 95.8 cm³/mol. The zero-order valence-corrected chi connectivity index (χ0v) is 14.1. The van der Waals surface area contributed by atoms with Gasteiger partial charge in [-0.1, -0.05) is 22.0 Å². The topological polar surface area (TPSA) is 62.0 Å². The van der Waals surface area contributed by atoms with Crippen molar-refractivity contribution in [2.75, 3.05) is 5.32 Å². The van der Waals surface area contributed by atoms with Crippen LogP contribution >= 0.6 is 15.9 Å². The third kappa shape index (κ3) is 3.68. The van der Waals surface area contributed by atoms with E-state index in [1.54, 1.807) is 6.92 Å². The maximum atomic E-state index is 12.1. The Morgan fingerprint density at radius 1 is 1.13 bits per heavy atom. The lowest BCUT2D eigenvalue weighted by atomic mass is 10.1. The molecule has 0 unspecified atom stereocenters. The summed E-state index contributed by atoms with van der Waals surface area (Å²) in [6, 6.07) is 14.9. The van der Waals surface area contributed by atoms with Gasteiger partial charge in [0.15, 0.2) is 0 Å². The highest BCUT2D eigenvalue weighted by atomic mass is 79.9. The number of rotatable bonds is 3. The predicted octanol–water partition coefficient (Wildman–Crippen LogP) is 3.78. The van der Waals surface area contributed by atoms with Gasteiger partial charge in [-0.25, -0.2) is 0 Å². The standard InChI is InChI=1S/C18H15BrN2O2/c1-11-8-13-9-12(2-7-16(13)21-18(11)23)10-17(22)20-15-5-3-14(19)4-6-15/h2-9H,10H2,1H3,(H,20,22)(H,21,23). The molecule has 0 saturated carbocycles. The van der Waals surface area contributed by atoms with Crippen LogP contribution in [0.25, 0.3) is 10.9 Å². The van der Waals surface area contributed by atoms with Crippen molar-refractivity contribution in [3.63, 3.8) is 0 Å². The van der Waals surface area contributed by atoms with E-state index in [0.29, 0.717) is 5.56 Å². The van der Waals surface area contributed by atoms with Crippen molar-refractivity contribution >= 4 is 38.4 Å². The summed E-state index contributed by atoms with van der Waals surface area (Å²) in [4.78, 5) is 26.6. The fraction of sp³-hybridized carbons (Fsp3) is 0.111. The summed E-state index contributed by atoms with van der Waals surface area (Å²) in [6.07, 6.45) is 0.282. The number of carbonyl (C=O) groups is 1. The number of aryl methyl sites for hydroxylation is 1. The Labute approximate surface area is 141 Å². The van der Waals surface area contributed by atoms with Crippen molar-refractivity contribution in [2.45, 2.75) is 13.3 Å². The zero-order valence-electron chi connectivity index (χ0n) is 12.5. The summed E-state index contributed by atoms with van der Waals surface area (Å²) < 4.78 is 0.967. The number of carbonyl (C=O) groups excluding carboxylic acids is 1. The molecule has 0 radical (unpaired) electrons. The van der Waals surface area contributed by atoms with Gasteiger partial charge in [0, 0.05) is 21.2 Å². The highest BCUT2D eigenvalue weighted by Gasteiger charge is 2.06. The summed E-state index contributed by atoms with van der Waals surface area (Å²) in [6.45, 7) is 1.77. The first-order valence-electron chi connectivity index (χ1n) is 7.19. The molecule has 0 saturated heterocycles. The summed E-state index contributed by atoms with van der Waals surface area (Å²) in [5, 5.41) is 3.80. The van der Waals surface area contributed by atoms with E-state index in [-0.39, 0.29) is 17.9 Å². The Morgan fingerprint density at radius 3 is 2.61 bits per heavy atom. The number of benzene rings is 2. The molecule has 1 heterocycles. The summed E-state index contributed by atoms with van der Waals surface area (Å²) >= 11 is 3.36. The molecule has 3 aromatic rings. The van der Waals surface area contributed by atoms with Gasteiger partial charge in [-0.05, 0) is 60.3 Å². The summed E-state index contributed by atoms with van der Waals surface area (Å²) in [5.41, 5.74) is 3.02. The number of nitrogens with one attached hydrogen (secondary N) is 2. The largest absolute Gasteiger partial charge is 0.326 e. The van der Waals surface area contributed by atoms with E-state index in [1.807, 2.05) is 48.5 Å². The number of anilines is 1. The summed E-state index contributed by atoms with van der Waals surface area (Å²) in [7, 11) is 0. The van der Waals surface area contributed by atoms with E-state index in [9.17, 15) is 9.59 Å². The van der Waals surface area contributed by atoms with Crippen LogP contribution in [0.4, 0.5) is 5.69 Å². The molecule has 2 aromatic carbocycles. The fourth-order valence-corrected chi connectivity index (χ4v) is 2.66. The molecule has 0 spiro atoms. The van der Waals surface area contributed by atoms with Crippen LogP contribution in [0.1, 0.15) is 11.1 Å². The number of H-pyrrole nitrogens is 1. The zero-order chi connectivity index (χ0) is 16.4. The van der Waals surface area contributed by atoms with Crippen LogP contribution in [-0.2, 0) is 11.2 Å². The average Bonchev–Trinajstić information content (AvgIpc) is 2.51. The van der Waals surface area contributed by atoms with Gasteiger partial charge < -0.3 is 10.3 Å². The first kappa shape index (κ1) is 15.5. The normalized spacial score (nSPS) is 10.7. The highest BCUT2D eigenvalue weighted by Crippen LogP contribution is 2.16. The van der Waals surface area contributed by atoms with Crippen molar-refractivity contribution in [2.24, 2.45) is 0 Å². The van der Waals surface area contributed by atoms with E-state index in [4.69, 9.17) is 0 Å². The Bertz CT molecular complexity index is 930. The number of aromatic amines is 1. The minimum Gasteiger partial charge on any atom is -0.326 e. The van der Waals surface area contributed by atoms with Crippen LogP contribution in [0.3, 0.4) is 0 Å². The van der Waals surface area contributed by atoms with Gasteiger partial charge in [-0.15, -0.1) is 0 Å².